The van der Waals surface area contributed by atoms with Crippen molar-refractivity contribution in [1.29, 1.82) is 0 Å². The predicted octanol–water partition coefficient (Wildman–Crippen LogP) is 1.22. The zero-order valence-corrected chi connectivity index (χ0v) is 9.25. The maximum atomic E-state index is 10.8. The molecule has 0 atom stereocenters. The van der Waals surface area contributed by atoms with Gasteiger partial charge in [-0.3, -0.25) is 4.79 Å². The van der Waals surface area contributed by atoms with Crippen molar-refractivity contribution in [1.82, 2.24) is 5.32 Å². The van der Waals surface area contributed by atoms with Gasteiger partial charge in [0, 0.05) is 13.0 Å². The minimum absolute atomic E-state index is 0.116. The zero-order chi connectivity index (χ0) is 11.1. The first-order valence-electron chi connectivity index (χ1n) is 5.34. The first kappa shape index (κ1) is 12.2. The maximum absolute atomic E-state index is 10.8. The van der Waals surface area contributed by atoms with Gasteiger partial charge in [-0.05, 0) is 25.8 Å². The number of carbonyl (C=O) groups excluding carboxylic acids is 1. The molecular formula is C11H19NO3. The lowest BCUT2D eigenvalue weighted by Crippen LogP contribution is -2.26. The molecule has 0 aliphatic carbocycles. The van der Waals surface area contributed by atoms with Gasteiger partial charge in [0.2, 0.25) is 5.91 Å². The van der Waals surface area contributed by atoms with E-state index in [1.807, 2.05) is 6.92 Å². The average Bonchev–Trinajstić information content (AvgIpc) is 2.64. The number of hydrogen-bond acceptors (Lipinski definition) is 3. The molecule has 0 aromatic heterocycles. The summed E-state index contributed by atoms with van der Waals surface area (Å²) in [6.07, 6.45) is 4.07. The molecule has 0 bridgehead atoms. The summed E-state index contributed by atoms with van der Waals surface area (Å²) < 4.78 is 10.9. The highest BCUT2D eigenvalue weighted by Gasteiger charge is 2.29. The third-order valence-electron chi connectivity index (χ3n) is 2.44. The number of hydrogen-bond donors (Lipinski definition) is 1. The monoisotopic (exact) mass is 213 g/mol. The van der Waals surface area contributed by atoms with Gasteiger partial charge in [0.25, 0.3) is 0 Å². The van der Waals surface area contributed by atoms with Crippen LogP contribution in [0.4, 0.5) is 0 Å². The van der Waals surface area contributed by atoms with Crippen LogP contribution in [-0.4, -0.2) is 31.5 Å². The van der Waals surface area contributed by atoms with Crippen LogP contribution in [0, 0.1) is 0 Å². The van der Waals surface area contributed by atoms with Crippen molar-refractivity contribution in [2.75, 3.05) is 19.8 Å². The van der Waals surface area contributed by atoms with Gasteiger partial charge in [0.15, 0.2) is 5.79 Å². The highest BCUT2D eigenvalue weighted by atomic mass is 16.7. The first-order valence-corrected chi connectivity index (χ1v) is 5.34. The largest absolute Gasteiger partial charge is 0.353 e. The van der Waals surface area contributed by atoms with E-state index in [4.69, 9.17) is 9.47 Å². The molecule has 0 unspecified atom stereocenters. The third kappa shape index (κ3) is 4.44. The molecule has 86 valence electrons. The molecule has 15 heavy (non-hydrogen) atoms. The summed E-state index contributed by atoms with van der Waals surface area (Å²) in [5.74, 6) is -0.516. The van der Waals surface area contributed by atoms with E-state index >= 15 is 0 Å². The summed E-state index contributed by atoms with van der Waals surface area (Å²) in [6.45, 7) is 7.39. The molecular weight excluding hydrogens is 194 g/mol. The Morgan fingerprint density at radius 2 is 2.13 bits per heavy atom. The Kier molecular flexibility index (Phi) is 4.78. The van der Waals surface area contributed by atoms with E-state index < -0.39 is 5.79 Å². The molecule has 1 N–H and O–H groups in total. The second-order valence-electron chi connectivity index (χ2n) is 3.78. The third-order valence-corrected chi connectivity index (χ3v) is 2.44. The van der Waals surface area contributed by atoms with Gasteiger partial charge in [-0.1, -0.05) is 6.58 Å². The molecule has 0 radical (unpaired) electrons. The summed E-state index contributed by atoms with van der Waals surface area (Å²) >= 11 is 0. The molecule has 4 heteroatoms. The fourth-order valence-corrected chi connectivity index (χ4v) is 1.56. The molecule has 0 saturated carbocycles. The van der Waals surface area contributed by atoms with Crippen LogP contribution in [0.2, 0.25) is 0 Å². The van der Waals surface area contributed by atoms with Crippen molar-refractivity contribution in [3.8, 4) is 0 Å². The lowest BCUT2D eigenvalue weighted by molar-refractivity contribution is -0.147. The predicted molar refractivity (Wildman–Crippen MR) is 57.4 cm³/mol. The molecule has 0 spiro atoms. The molecule has 1 rings (SSSR count). The normalized spacial score (nSPS) is 18.7. The van der Waals surface area contributed by atoms with E-state index in [2.05, 4.69) is 11.9 Å². The smallest absolute Gasteiger partial charge is 0.243 e. The number of unbranched alkanes of at least 4 members (excludes halogenated alkanes) is 1. The highest BCUT2D eigenvalue weighted by molar-refractivity contribution is 5.86. The molecule has 4 nitrogen and oxygen atoms in total. The maximum Gasteiger partial charge on any atom is 0.243 e. The average molecular weight is 213 g/mol. The van der Waals surface area contributed by atoms with Gasteiger partial charge in [0.05, 0.1) is 13.2 Å². The van der Waals surface area contributed by atoms with E-state index in [0.29, 0.717) is 19.8 Å². The molecule has 1 aliphatic heterocycles. The Labute approximate surface area is 90.6 Å². The SMILES string of the molecule is C=CC(=O)NCCCCC1(C)OCCO1. The van der Waals surface area contributed by atoms with Gasteiger partial charge < -0.3 is 14.8 Å². The Morgan fingerprint density at radius 1 is 1.47 bits per heavy atom. The lowest BCUT2D eigenvalue weighted by Gasteiger charge is -2.21. The molecule has 1 aliphatic rings. The van der Waals surface area contributed by atoms with Crippen LogP contribution in [0.15, 0.2) is 12.7 Å². The Morgan fingerprint density at radius 3 is 2.73 bits per heavy atom. The topological polar surface area (TPSA) is 47.6 Å². The number of nitrogens with one attached hydrogen (secondary N) is 1. The van der Waals surface area contributed by atoms with Crippen molar-refractivity contribution in [3.63, 3.8) is 0 Å². The summed E-state index contributed by atoms with van der Waals surface area (Å²) in [4.78, 5) is 10.8. The number of amides is 1. The molecule has 1 fully saturated rings. The fraction of sp³-hybridized carbons (Fsp3) is 0.727. The van der Waals surface area contributed by atoms with Gasteiger partial charge in [-0.25, -0.2) is 0 Å². The number of carbonyl (C=O) groups is 1. The van der Waals surface area contributed by atoms with E-state index in [0.717, 1.165) is 19.3 Å². The quantitative estimate of drug-likeness (QED) is 0.533. The van der Waals surface area contributed by atoms with Crippen molar-refractivity contribution in [2.45, 2.75) is 32.0 Å². The second kappa shape index (κ2) is 5.88. The van der Waals surface area contributed by atoms with Crippen molar-refractivity contribution in [2.24, 2.45) is 0 Å². The number of rotatable bonds is 6. The first-order chi connectivity index (χ1) is 7.16. The van der Waals surface area contributed by atoms with Crippen LogP contribution in [0.1, 0.15) is 26.2 Å². The molecule has 0 aromatic carbocycles. The van der Waals surface area contributed by atoms with E-state index in [1.165, 1.54) is 6.08 Å². The minimum atomic E-state index is -0.400. The highest BCUT2D eigenvalue weighted by Crippen LogP contribution is 2.24. The van der Waals surface area contributed by atoms with E-state index in [1.54, 1.807) is 0 Å². The number of ether oxygens (including phenoxy) is 2. The Bertz CT molecular complexity index is 222. The van der Waals surface area contributed by atoms with E-state index in [9.17, 15) is 4.79 Å². The van der Waals surface area contributed by atoms with E-state index in [-0.39, 0.29) is 5.91 Å². The van der Waals surface area contributed by atoms with Gasteiger partial charge in [0.1, 0.15) is 0 Å². The van der Waals surface area contributed by atoms with Gasteiger partial charge in [-0.2, -0.15) is 0 Å². The summed E-state index contributed by atoms with van der Waals surface area (Å²) in [7, 11) is 0. The van der Waals surface area contributed by atoms with Crippen LogP contribution in [-0.2, 0) is 14.3 Å². The van der Waals surface area contributed by atoms with Crippen LogP contribution >= 0.6 is 0 Å². The molecule has 1 amide bonds. The Hall–Kier alpha value is -0.870. The Balaban J connectivity index is 2.01. The van der Waals surface area contributed by atoms with Crippen LogP contribution in [0.5, 0.6) is 0 Å². The van der Waals surface area contributed by atoms with Crippen LogP contribution in [0.25, 0.3) is 0 Å². The van der Waals surface area contributed by atoms with Crippen molar-refractivity contribution in [3.05, 3.63) is 12.7 Å². The van der Waals surface area contributed by atoms with Gasteiger partial charge in [-0.15, -0.1) is 0 Å². The van der Waals surface area contributed by atoms with Crippen LogP contribution < -0.4 is 5.32 Å². The van der Waals surface area contributed by atoms with Gasteiger partial charge >= 0.3 is 0 Å². The molecule has 1 saturated heterocycles. The lowest BCUT2D eigenvalue weighted by atomic mass is 10.1. The molecule has 1 heterocycles. The fourth-order valence-electron chi connectivity index (χ4n) is 1.56. The summed E-state index contributed by atoms with van der Waals surface area (Å²) in [5, 5.41) is 2.73. The summed E-state index contributed by atoms with van der Waals surface area (Å²) in [5.41, 5.74) is 0. The second-order valence-corrected chi connectivity index (χ2v) is 3.78. The molecule has 0 aromatic rings. The van der Waals surface area contributed by atoms with Crippen LogP contribution in [0.3, 0.4) is 0 Å². The van der Waals surface area contributed by atoms with Crippen molar-refractivity contribution < 1.29 is 14.3 Å². The standard InChI is InChI=1S/C11H19NO3/c1-3-10(13)12-7-5-4-6-11(2)14-8-9-15-11/h3H,1,4-9H2,2H3,(H,12,13). The summed E-state index contributed by atoms with van der Waals surface area (Å²) in [6, 6.07) is 0. The van der Waals surface area contributed by atoms with Crippen molar-refractivity contribution >= 4 is 5.91 Å². The minimum Gasteiger partial charge on any atom is -0.353 e. The zero-order valence-electron chi connectivity index (χ0n) is 9.25.